The number of halogens is 4. The molecule has 1 aromatic carbocycles. The van der Waals surface area contributed by atoms with Gasteiger partial charge in [-0.1, -0.05) is 28.1 Å². The van der Waals surface area contributed by atoms with E-state index in [2.05, 4.69) is 98.0 Å². The number of fused-ring (bicyclic) bond motifs is 8. The van der Waals surface area contributed by atoms with Crippen LogP contribution >= 0.6 is 63.7 Å². The van der Waals surface area contributed by atoms with Crippen molar-refractivity contribution in [2.45, 2.75) is 0 Å². The molecule has 4 aromatic rings. The number of aromatic amines is 2. The third kappa shape index (κ3) is 4.74. The second-order valence-electron chi connectivity index (χ2n) is 7.87. The fourth-order valence-corrected chi connectivity index (χ4v) is 5.85. The average molecular weight is 767 g/mol. The number of nitrogens with zero attached hydrogens (tertiary/aromatic N) is 2. The number of hydrogen-bond acceptors (Lipinski definition) is 2. The molecule has 4 nitrogen and oxygen atoms in total. The van der Waals surface area contributed by atoms with E-state index in [0.717, 1.165) is 73.9 Å². The molecule has 2 N–H and O–H groups in total. The van der Waals surface area contributed by atoms with E-state index < -0.39 is 0 Å². The minimum atomic E-state index is 0. The second-order valence-corrected chi connectivity index (χ2v) is 11.2. The standard InChI is InChI=1S/C26H14Br4N4.Zn/c27-14-3-1-2-13(10-14)17-12-16-11-15-4-5-18(31-15)23(28)19-6-7-20(33-19)24(29)21-8-9-22(34-21)25(30)26(17)32-16;/h1-12,32-33H;. The average Bonchev–Trinajstić information content (AvgIpc) is 3.64. The Hall–Kier alpha value is -1.64. The zero-order chi connectivity index (χ0) is 23.4. The molecule has 0 atom stereocenters. The van der Waals surface area contributed by atoms with Crippen molar-refractivity contribution >= 4 is 110 Å². The van der Waals surface area contributed by atoms with Crippen LogP contribution in [-0.4, -0.2) is 19.9 Å². The summed E-state index contributed by atoms with van der Waals surface area (Å²) in [4.78, 5) is 16.7. The molecule has 0 saturated heterocycles. The predicted octanol–water partition coefficient (Wildman–Crippen LogP) is 9.37. The van der Waals surface area contributed by atoms with Gasteiger partial charge in [-0.3, -0.25) is 0 Å². The molecule has 2 aliphatic heterocycles. The first-order chi connectivity index (χ1) is 16.5. The van der Waals surface area contributed by atoms with Crippen molar-refractivity contribution in [2.24, 2.45) is 0 Å². The molecule has 0 unspecified atom stereocenters. The quantitative estimate of drug-likeness (QED) is 0.164. The molecule has 0 spiro atoms. The van der Waals surface area contributed by atoms with Gasteiger partial charge in [0.2, 0.25) is 0 Å². The van der Waals surface area contributed by atoms with Crippen LogP contribution < -0.4 is 0 Å². The van der Waals surface area contributed by atoms with Crippen molar-refractivity contribution in [1.82, 2.24) is 19.9 Å². The third-order valence-electron chi connectivity index (χ3n) is 5.63. The molecule has 0 fully saturated rings. The number of nitrogens with one attached hydrogen (secondary N) is 2. The van der Waals surface area contributed by atoms with E-state index in [4.69, 9.17) is 9.97 Å². The molecular formula is C26H14Br4N4Zn. The zero-order valence-electron chi connectivity index (χ0n) is 18.0. The predicted molar refractivity (Wildman–Crippen MR) is 155 cm³/mol. The Morgan fingerprint density at radius 3 is 2.00 bits per heavy atom. The van der Waals surface area contributed by atoms with Crippen molar-refractivity contribution in [1.29, 1.82) is 0 Å². The van der Waals surface area contributed by atoms with Gasteiger partial charge in [-0.05, 0) is 114 Å². The van der Waals surface area contributed by atoms with E-state index in [1.54, 1.807) is 0 Å². The normalized spacial score (nSPS) is 12.1. The van der Waals surface area contributed by atoms with Crippen molar-refractivity contribution in [3.05, 3.63) is 89.2 Å². The Morgan fingerprint density at radius 1 is 0.629 bits per heavy atom. The van der Waals surface area contributed by atoms with Crippen molar-refractivity contribution in [2.75, 3.05) is 0 Å². The Labute approximate surface area is 247 Å². The van der Waals surface area contributed by atoms with Crippen LogP contribution in [0.25, 0.3) is 57.5 Å². The van der Waals surface area contributed by atoms with Crippen LogP contribution in [0.5, 0.6) is 0 Å². The van der Waals surface area contributed by atoms with Gasteiger partial charge in [-0.2, -0.15) is 0 Å². The van der Waals surface area contributed by atoms with Gasteiger partial charge in [0.1, 0.15) is 0 Å². The number of H-pyrrole nitrogens is 2. The fourth-order valence-electron chi connectivity index (χ4n) is 4.01. The first-order valence-corrected chi connectivity index (χ1v) is 13.5. The summed E-state index contributed by atoms with van der Waals surface area (Å²) >= 11 is 14.9. The van der Waals surface area contributed by atoms with Crippen molar-refractivity contribution < 1.29 is 19.5 Å². The van der Waals surface area contributed by atoms with Gasteiger partial charge in [0.25, 0.3) is 0 Å². The SMILES string of the molecule is Brc1cccc(-c2cc3cc4nc(c(Br)c5ccc([nH]5)c(Br)c5nc(c(Br)c2[nH]3)C=C5)C=C4)c1.[Zn]. The molecule has 0 saturated carbocycles. The summed E-state index contributed by atoms with van der Waals surface area (Å²) in [5.74, 6) is 0. The number of benzene rings is 1. The first kappa shape index (κ1) is 25.0. The van der Waals surface area contributed by atoms with Gasteiger partial charge in [-0.15, -0.1) is 0 Å². The second kappa shape index (κ2) is 10.0. The summed E-state index contributed by atoms with van der Waals surface area (Å²) in [5.41, 5.74) is 9.40. The van der Waals surface area contributed by atoms with Crippen LogP contribution in [0.3, 0.4) is 0 Å². The van der Waals surface area contributed by atoms with Gasteiger partial charge in [0.05, 0.1) is 52.7 Å². The summed E-state index contributed by atoms with van der Waals surface area (Å²) in [6.07, 6.45) is 8.06. The number of hydrogen-bond donors (Lipinski definition) is 2. The van der Waals surface area contributed by atoms with Crippen molar-refractivity contribution in [3.63, 3.8) is 0 Å². The Balaban J connectivity index is 0.00000253. The molecule has 0 amide bonds. The summed E-state index contributed by atoms with van der Waals surface area (Å²) in [6, 6.07) is 16.5. The maximum atomic E-state index is 4.89. The first-order valence-electron chi connectivity index (χ1n) is 10.4. The molecule has 3 aromatic heterocycles. The van der Waals surface area contributed by atoms with Gasteiger partial charge in [0, 0.05) is 35.0 Å². The van der Waals surface area contributed by atoms with E-state index in [0.29, 0.717) is 0 Å². The van der Waals surface area contributed by atoms with Crippen molar-refractivity contribution in [3.8, 4) is 11.1 Å². The van der Waals surface area contributed by atoms with Crippen LogP contribution in [0.4, 0.5) is 0 Å². The van der Waals surface area contributed by atoms with Crippen LogP contribution in [0.15, 0.2) is 66.4 Å². The maximum Gasteiger partial charge on any atom is 0.0801 e. The molecular weight excluding hydrogens is 753 g/mol. The largest absolute Gasteiger partial charge is 0.354 e. The van der Waals surface area contributed by atoms with E-state index in [1.165, 1.54) is 0 Å². The van der Waals surface area contributed by atoms with Crippen LogP contribution in [0.1, 0.15) is 22.8 Å². The van der Waals surface area contributed by atoms with E-state index in [1.807, 2.05) is 48.6 Å². The summed E-state index contributed by atoms with van der Waals surface area (Å²) in [5, 5.41) is 0. The number of aromatic nitrogens is 4. The molecule has 35 heavy (non-hydrogen) atoms. The number of rotatable bonds is 1. The van der Waals surface area contributed by atoms with Crippen LogP contribution in [0, 0.1) is 0 Å². The Morgan fingerprint density at radius 2 is 1.29 bits per heavy atom. The molecule has 9 heteroatoms. The molecule has 6 rings (SSSR count). The molecule has 5 heterocycles. The van der Waals surface area contributed by atoms with Crippen LogP contribution in [0.2, 0.25) is 0 Å². The Kier molecular flexibility index (Phi) is 7.17. The summed E-state index contributed by atoms with van der Waals surface area (Å²) in [6.45, 7) is 0. The van der Waals surface area contributed by atoms with Gasteiger partial charge < -0.3 is 9.97 Å². The fraction of sp³-hybridized carbons (Fsp3) is 0. The minimum Gasteiger partial charge on any atom is -0.354 e. The van der Waals surface area contributed by atoms with E-state index in [9.17, 15) is 0 Å². The molecule has 8 bridgehead atoms. The van der Waals surface area contributed by atoms with E-state index >= 15 is 0 Å². The molecule has 0 radical (unpaired) electrons. The third-order valence-corrected chi connectivity index (χ3v) is 8.59. The van der Waals surface area contributed by atoms with Crippen LogP contribution in [-0.2, 0) is 19.5 Å². The zero-order valence-corrected chi connectivity index (χ0v) is 27.4. The monoisotopic (exact) mass is 762 g/mol. The Bertz CT molecular complexity index is 1720. The molecule has 0 aliphatic carbocycles. The topological polar surface area (TPSA) is 57.4 Å². The minimum absolute atomic E-state index is 0. The van der Waals surface area contributed by atoms with Gasteiger partial charge in [0.15, 0.2) is 0 Å². The summed E-state index contributed by atoms with van der Waals surface area (Å²) in [7, 11) is 0. The molecule has 168 valence electrons. The smallest absolute Gasteiger partial charge is 0.0801 e. The maximum absolute atomic E-state index is 4.89. The summed E-state index contributed by atoms with van der Waals surface area (Å²) < 4.78 is 3.71. The van der Waals surface area contributed by atoms with Gasteiger partial charge in [-0.25, -0.2) is 9.97 Å². The van der Waals surface area contributed by atoms with Gasteiger partial charge >= 0.3 is 0 Å². The van der Waals surface area contributed by atoms with E-state index in [-0.39, 0.29) is 19.5 Å². The molecule has 2 aliphatic rings.